The maximum absolute atomic E-state index is 12.2. The lowest BCUT2D eigenvalue weighted by molar-refractivity contribution is 0.110. The molecule has 0 aliphatic carbocycles. The molecular weight excluding hydrogens is 248 g/mol. The van der Waals surface area contributed by atoms with Gasteiger partial charge in [-0.3, -0.25) is 4.79 Å². The van der Waals surface area contributed by atoms with Crippen LogP contribution in [-0.4, -0.2) is 8.77 Å². The van der Waals surface area contributed by atoms with Crippen LogP contribution >= 0.6 is 22.6 Å². The summed E-state index contributed by atoms with van der Waals surface area (Å²) < 4.78 is 12.0. The van der Waals surface area contributed by atoms with Crippen molar-refractivity contribution in [3.8, 4) is 0 Å². The van der Waals surface area contributed by atoms with E-state index in [1.165, 1.54) is 12.1 Å². The molecule has 0 fully saturated rings. The summed E-state index contributed by atoms with van der Waals surface area (Å²) in [7, 11) is 0. The number of hydrogen-bond acceptors (Lipinski definition) is 2. The lowest BCUT2D eigenvalue weighted by Crippen LogP contribution is -1.91. The van der Waals surface area contributed by atoms with E-state index < -0.39 is 5.82 Å². The number of carbonyl (C=O) groups is 1. The molecule has 0 saturated carbocycles. The molecule has 4 heteroatoms. The van der Waals surface area contributed by atoms with Crippen LogP contribution in [0.25, 0.3) is 0 Å². The molecule has 0 unspecified atom stereocenters. The third-order valence-electron chi connectivity index (χ3n) is 0.929. The number of nitrogens with zero attached hydrogens (tertiary/aromatic N) is 1. The first-order valence-corrected chi connectivity index (χ1v) is 3.59. The number of halogens is 2. The predicted octanol–water partition coefficient (Wildman–Crippen LogP) is 1.80. The molecule has 0 radical (unpaired) electrons. The quantitative estimate of drug-likeness (QED) is 0.562. The minimum absolute atomic E-state index is 0.183. The van der Waals surface area contributed by atoms with Crippen molar-refractivity contribution in [1.82, 2.24) is 4.98 Å². The van der Waals surface area contributed by atoms with Gasteiger partial charge in [-0.1, -0.05) is 0 Å². The average molecular weight is 251 g/mol. The zero-order valence-electron chi connectivity index (χ0n) is 4.84. The van der Waals surface area contributed by atoms with Gasteiger partial charge in [0.05, 0.1) is 6.20 Å². The van der Waals surface area contributed by atoms with Gasteiger partial charge in [0.1, 0.15) is 11.5 Å². The van der Waals surface area contributed by atoms with E-state index in [2.05, 4.69) is 4.98 Å². The van der Waals surface area contributed by atoms with Gasteiger partial charge >= 0.3 is 0 Å². The summed E-state index contributed by atoms with van der Waals surface area (Å²) in [4.78, 5) is 14.1. The smallest absolute Gasteiger partial charge is 0.240 e. The van der Waals surface area contributed by atoms with E-state index in [0.29, 0.717) is 0 Å². The van der Waals surface area contributed by atoms with Crippen LogP contribution in [0.5, 0.6) is 0 Å². The van der Waals surface area contributed by atoms with E-state index in [1.54, 1.807) is 22.6 Å². The molecule has 1 rings (SSSR count). The van der Waals surface area contributed by atoms with Crippen LogP contribution in [0.4, 0.5) is 4.39 Å². The van der Waals surface area contributed by atoms with Crippen molar-refractivity contribution in [3.05, 3.63) is 29.8 Å². The Morgan fingerprint density at radius 1 is 1.60 bits per heavy atom. The van der Waals surface area contributed by atoms with Crippen molar-refractivity contribution >= 4 is 26.4 Å². The van der Waals surface area contributed by atoms with Gasteiger partial charge in [-0.25, -0.2) is 9.37 Å². The number of pyridine rings is 1. The molecule has 0 N–H and O–H groups in total. The third-order valence-corrected chi connectivity index (χ3v) is 1.48. The zero-order chi connectivity index (χ0) is 7.56. The SMILES string of the molecule is O=C(I)c1ccc(F)cn1. The highest BCUT2D eigenvalue weighted by molar-refractivity contribution is 14.1. The standard InChI is InChI=1S/C6H3FINO/c7-4-1-2-5(6(8)10)9-3-4/h1-3H. The summed E-state index contributed by atoms with van der Waals surface area (Å²) >= 11 is 1.60. The Balaban J connectivity index is 3.00. The Bertz CT molecular complexity index is 246. The van der Waals surface area contributed by atoms with Crippen molar-refractivity contribution in [2.75, 3.05) is 0 Å². The van der Waals surface area contributed by atoms with E-state index in [4.69, 9.17) is 0 Å². The Morgan fingerprint density at radius 2 is 2.30 bits per heavy atom. The van der Waals surface area contributed by atoms with Crippen molar-refractivity contribution in [3.63, 3.8) is 0 Å². The molecule has 52 valence electrons. The van der Waals surface area contributed by atoms with Gasteiger partial charge in [0.25, 0.3) is 0 Å². The summed E-state index contributed by atoms with van der Waals surface area (Å²) in [5, 5.41) is 0. The zero-order valence-corrected chi connectivity index (χ0v) is 7.00. The van der Waals surface area contributed by atoms with Crippen LogP contribution in [0.15, 0.2) is 18.3 Å². The first-order valence-electron chi connectivity index (χ1n) is 2.51. The van der Waals surface area contributed by atoms with Crippen LogP contribution < -0.4 is 0 Å². The molecule has 0 atom stereocenters. The van der Waals surface area contributed by atoms with Gasteiger partial charge in [-0.05, 0) is 12.1 Å². The highest BCUT2D eigenvalue weighted by Crippen LogP contribution is 2.02. The summed E-state index contributed by atoms with van der Waals surface area (Å²) in [5.41, 5.74) is 0.280. The molecule has 1 heterocycles. The van der Waals surface area contributed by atoms with Crippen LogP contribution in [0, 0.1) is 5.82 Å². The van der Waals surface area contributed by atoms with Crippen molar-refractivity contribution in [1.29, 1.82) is 0 Å². The predicted molar refractivity (Wildman–Crippen MR) is 42.5 cm³/mol. The lowest BCUT2D eigenvalue weighted by Gasteiger charge is -1.89. The fraction of sp³-hybridized carbons (Fsp3) is 0. The number of hydrogen-bond donors (Lipinski definition) is 0. The molecule has 2 nitrogen and oxygen atoms in total. The maximum atomic E-state index is 12.2. The van der Waals surface area contributed by atoms with E-state index in [9.17, 15) is 9.18 Å². The van der Waals surface area contributed by atoms with Crippen LogP contribution in [0.3, 0.4) is 0 Å². The Kier molecular flexibility index (Phi) is 2.31. The molecule has 0 aliphatic heterocycles. The molecule has 0 bridgehead atoms. The fourth-order valence-corrected chi connectivity index (χ4v) is 0.811. The monoisotopic (exact) mass is 251 g/mol. The Morgan fingerprint density at radius 3 is 2.70 bits per heavy atom. The molecule has 0 aliphatic rings. The van der Waals surface area contributed by atoms with Gasteiger partial charge in [0, 0.05) is 22.6 Å². The van der Waals surface area contributed by atoms with Gasteiger partial charge in [0.2, 0.25) is 3.79 Å². The average Bonchev–Trinajstić information content (AvgIpc) is 1.88. The molecule has 0 saturated heterocycles. The molecule has 0 amide bonds. The second kappa shape index (κ2) is 3.05. The van der Waals surface area contributed by atoms with Gasteiger partial charge < -0.3 is 0 Å². The van der Waals surface area contributed by atoms with Gasteiger partial charge in [-0.2, -0.15) is 0 Å². The fourth-order valence-electron chi connectivity index (χ4n) is 0.492. The first-order chi connectivity index (χ1) is 4.70. The highest BCUT2D eigenvalue weighted by atomic mass is 127. The van der Waals surface area contributed by atoms with E-state index >= 15 is 0 Å². The third kappa shape index (κ3) is 1.73. The summed E-state index contributed by atoms with van der Waals surface area (Å²) in [6.45, 7) is 0. The van der Waals surface area contributed by atoms with Crippen molar-refractivity contribution in [2.24, 2.45) is 0 Å². The highest BCUT2D eigenvalue weighted by Gasteiger charge is 2.00. The molecule has 1 aromatic rings. The summed E-state index contributed by atoms with van der Waals surface area (Å²) in [6.07, 6.45) is 1.02. The second-order valence-electron chi connectivity index (χ2n) is 1.64. The minimum atomic E-state index is -0.429. The normalized spacial score (nSPS) is 9.40. The van der Waals surface area contributed by atoms with Crippen LogP contribution in [-0.2, 0) is 0 Å². The second-order valence-corrected chi connectivity index (χ2v) is 2.62. The van der Waals surface area contributed by atoms with E-state index in [-0.39, 0.29) is 9.48 Å². The van der Waals surface area contributed by atoms with Crippen molar-refractivity contribution < 1.29 is 9.18 Å². The molecule has 0 spiro atoms. The Hall–Kier alpha value is -0.520. The maximum Gasteiger partial charge on any atom is 0.240 e. The lowest BCUT2D eigenvalue weighted by atomic mass is 10.4. The summed E-state index contributed by atoms with van der Waals surface area (Å²) in [6, 6.07) is 2.56. The van der Waals surface area contributed by atoms with Crippen molar-refractivity contribution in [2.45, 2.75) is 0 Å². The number of rotatable bonds is 1. The van der Waals surface area contributed by atoms with Gasteiger partial charge in [-0.15, -0.1) is 0 Å². The molecule has 10 heavy (non-hydrogen) atoms. The minimum Gasteiger partial charge on any atom is -0.280 e. The molecule has 1 aromatic heterocycles. The molecular formula is C6H3FINO. The topological polar surface area (TPSA) is 30.0 Å². The van der Waals surface area contributed by atoms with E-state index in [1.807, 2.05) is 0 Å². The number of carbonyl (C=O) groups excluding carboxylic acids is 1. The Labute approximate surface area is 70.6 Å². The molecule has 0 aromatic carbocycles. The number of aromatic nitrogens is 1. The van der Waals surface area contributed by atoms with Crippen LogP contribution in [0.2, 0.25) is 0 Å². The first kappa shape index (κ1) is 7.59. The van der Waals surface area contributed by atoms with E-state index in [0.717, 1.165) is 6.20 Å². The largest absolute Gasteiger partial charge is 0.280 e. The summed E-state index contributed by atoms with van der Waals surface area (Å²) in [5.74, 6) is -0.429. The van der Waals surface area contributed by atoms with Gasteiger partial charge in [0.15, 0.2) is 0 Å². The van der Waals surface area contributed by atoms with Crippen LogP contribution in [0.1, 0.15) is 10.5 Å².